The van der Waals surface area contributed by atoms with Gasteiger partial charge in [0.1, 0.15) is 0 Å². The van der Waals surface area contributed by atoms with Crippen molar-refractivity contribution in [1.82, 2.24) is 0 Å². The molecule has 2 aromatic rings. The minimum Gasteiger partial charge on any atom is -0.0770 e. The topological polar surface area (TPSA) is 0 Å². The summed E-state index contributed by atoms with van der Waals surface area (Å²) in [5.41, 5.74) is 2.55. The van der Waals surface area contributed by atoms with E-state index in [4.69, 9.17) is 0 Å². The molecule has 0 fully saturated rings. The number of unbranched alkanes of at least 4 members (excludes halogenated alkanes) is 2. The van der Waals surface area contributed by atoms with Crippen molar-refractivity contribution in [3.8, 4) is 0 Å². The number of hydrogen-bond donors (Lipinski definition) is 0. The van der Waals surface area contributed by atoms with Gasteiger partial charge in [-0.1, -0.05) is 111 Å². The van der Waals surface area contributed by atoms with E-state index in [1.54, 1.807) is 0 Å². The highest BCUT2D eigenvalue weighted by molar-refractivity contribution is 5.52. The molecule has 0 amide bonds. The number of allylic oxidation sites excluding steroid dienone is 2. The fraction of sp³-hybridized carbons (Fsp3) is 0.273. The first-order valence-electron chi connectivity index (χ1n) is 8.35. The van der Waals surface area contributed by atoms with Crippen LogP contribution < -0.4 is 0 Å². The first kappa shape index (κ1) is 16.3. The van der Waals surface area contributed by atoms with E-state index in [0.717, 1.165) is 0 Å². The van der Waals surface area contributed by atoms with Crippen LogP contribution in [0.25, 0.3) is 12.2 Å². The van der Waals surface area contributed by atoms with Crippen LogP contribution in [0, 0.1) is 5.92 Å². The zero-order valence-electron chi connectivity index (χ0n) is 13.5. The highest BCUT2D eigenvalue weighted by atomic mass is 14.1. The molecule has 0 spiro atoms. The predicted octanol–water partition coefficient (Wildman–Crippen LogP) is 6.61. The van der Waals surface area contributed by atoms with E-state index in [1.165, 1.54) is 36.8 Å². The van der Waals surface area contributed by atoms with Crippen LogP contribution >= 0.6 is 0 Å². The third kappa shape index (κ3) is 6.13. The molecule has 0 radical (unpaired) electrons. The number of hydrogen-bond acceptors (Lipinski definition) is 0. The molecule has 0 bridgehead atoms. The van der Waals surface area contributed by atoms with Crippen molar-refractivity contribution in [3.63, 3.8) is 0 Å². The zero-order chi connectivity index (χ0) is 15.5. The maximum Gasteiger partial charge on any atom is -0.00468 e. The minimum absolute atomic E-state index is 0.506. The standard InChI is InChI=1S/C22H26/c1-2-3-6-11-22(18-16-20-12-7-4-8-13-20)19-17-21-14-9-5-10-15-21/h4-5,7-10,12-19,22H,2-3,6,11H2,1H3. The molecule has 0 N–H and O–H groups in total. The fourth-order valence-electron chi connectivity index (χ4n) is 2.48. The van der Waals surface area contributed by atoms with E-state index in [9.17, 15) is 0 Å². The smallest absolute Gasteiger partial charge is 0.00468 e. The van der Waals surface area contributed by atoms with Gasteiger partial charge in [-0.3, -0.25) is 0 Å². The Morgan fingerprint density at radius 2 is 1.23 bits per heavy atom. The summed E-state index contributed by atoms with van der Waals surface area (Å²) >= 11 is 0. The van der Waals surface area contributed by atoms with E-state index in [1.807, 2.05) is 0 Å². The van der Waals surface area contributed by atoms with Gasteiger partial charge in [0.25, 0.3) is 0 Å². The van der Waals surface area contributed by atoms with Crippen LogP contribution in [0.1, 0.15) is 43.7 Å². The molecule has 0 aliphatic heterocycles. The summed E-state index contributed by atoms with van der Waals surface area (Å²) in [5.74, 6) is 0.506. The summed E-state index contributed by atoms with van der Waals surface area (Å²) in [6.07, 6.45) is 14.3. The lowest BCUT2D eigenvalue weighted by Gasteiger charge is -2.07. The van der Waals surface area contributed by atoms with Crippen LogP contribution in [-0.2, 0) is 0 Å². The summed E-state index contributed by atoms with van der Waals surface area (Å²) in [7, 11) is 0. The van der Waals surface area contributed by atoms with Gasteiger partial charge in [0.05, 0.1) is 0 Å². The Balaban J connectivity index is 2.02. The van der Waals surface area contributed by atoms with Crippen LogP contribution in [0.15, 0.2) is 72.8 Å². The maximum absolute atomic E-state index is 2.34. The molecule has 0 saturated carbocycles. The molecule has 0 aromatic heterocycles. The highest BCUT2D eigenvalue weighted by Crippen LogP contribution is 2.17. The van der Waals surface area contributed by atoms with Crippen LogP contribution in [0.3, 0.4) is 0 Å². The molecule has 0 atom stereocenters. The maximum atomic E-state index is 2.34. The van der Waals surface area contributed by atoms with Crippen molar-refractivity contribution >= 4 is 12.2 Å². The number of benzene rings is 2. The third-order valence-electron chi connectivity index (χ3n) is 3.81. The lowest BCUT2D eigenvalue weighted by Crippen LogP contribution is -1.92. The molecule has 0 saturated heterocycles. The first-order chi connectivity index (χ1) is 10.9. The van der Waals surface area contributed by atoms with E-state index in [-0.39, 0.29) is 0 Å². The lowest BCUT2D eigenvalue weighted by molar-refractivity contribution is 0.613. The summed E-state index contributed by atoms with van der Waals surface area (Å²) < 4.78 is 0. The molecule has 114 valence electrons. The lowest BCUT2D eigenvalue weighted by atomic mass is 9.98. The quantitative estimate of drug-likeness (QED) is 0.480. The van der Waals surface area contributed by atoms with Gasteiger partial charge in [0.2, 0.25) is 0 Å². The monoisotopic (exact) mass is 290 g/mol. The van der Waals surface area contributed by atoms with Crippen molar-refractivity contribution in [2.24, 2.45) is 5.92 Å². The van der Waals surface area contributed by atoms with Gasteiger partial charge in [-0.15, -0.1) is 0 Å². The molecule has 0 aliphatic rings. The highest BCUT2D eigenvalue weighted by Gasteiger charge is 2.00. The Kier molecular flexibility index (Phi) is 7.25. The predicted molar refractivity (Wildman–Crippen MR) is 98.6 cm³/mol. The largest absolute Gasteiger partial charge is 0.0770 e. The summed E-state index contributed by atoms with van der Waals surface area (Å²) in [6.45, 7) is 2.26. The van der Waals surface area contributed by atoms with Gasteiger partial charge in [-0.25, -0.2) is 0 Å². The average molecular weight is 290 g/mol. The molecule has 0 heterocycles. The second-order valence-electron chi connectivity index (χ2n) is 5.70. The molecular formula is C22H26. The van der Waals surface area contributed by atoms with Gasteiger partial charge < -0.3 is 0 Å². The molecule has 0 unspecified atom stereocenters. The molecule has 0 nitrogen and oxygen atoms in total. The molecule has 0 heteroatoms. The summed E-state index contributed by atoms with van der Waals surface area (Å²) in [5, 5.41) is 0. The van der Waals surface area contributed by atoms with E-state index in [0.29, 0.717) is 5.92 Å². The second-order valence-corrected chi connectivity index (χ2v) is 5.70. The summed E-state index contributed by atoms with van der Waals surface area (Å²) in [4.78, 5) is 0. The normalized spacial score (nSPS) is 13.0. The van der Waals surface area contributed by atoms with E-state index < -0.39 is 0 Å². The van der Waals surface area contributed by atoms with Gasteiger partial charge in [0, 0.05) is 0 Å². The van der Waals surface area contributed by atoms with Crippen molar-refractivity contribution in [2.45, 2.75) is 32.6 Å². The van der Waals surface area contributed by atoms with Crippen LogP contribution in [0.2, 0.25) is 0 Å². The van der Waals surface area contributed by atoms with Crippen molar-refractivity contribution in [3.05, 3.63) is 83.9 Å². The van der Waals surface area contributed by atoms with Gasteiger partial charge >= 0.3 is 0 Å². The van der Waals surface area contributed by atoms with Gasteiger partial charge in [-0.05, 0) is 23.5 Å². The zero-order valence-corrected chi connectivity index (χ0v) is 13.5. The van der Waals surface area contributed by atoms with Crippen LogP contribution in [-0.4, -0.2) is 0 Å². The van der Waals surface area contributed by atoms with Crippen LogP contribution in [0.5, 0.6) is 0 Å². The minimum atomic E-state index is 0.506. The number of rotatable bonds is 8. The molecule has 2 rings (SSSR count). The molecule has 22 heavy (non-hydrogen) atoms. The van der Waals surface area contributed by atoms with Gasteiger partial charge in [-0.2, -0.15) is 0 Å². The molecular weight excluding hydrogens is 264 g/mol. The van der Waals surface area contributed by atoms with Crippen molar-refractivity contribution in [2.75, 3.05) is 0 Å². The van der Waals surface area contributed by atoms with Crippen LogP contribution in [0.4, 0.5) is 0 Å². The Hall–Kier alpha value is -2.08. The Morgan fingerprint density at radius 3 is 1.68 bits per heavy atom. The summed E-state index contributed by atoms with van der Waals surface area (Å²) in [6, 6.07) is 21.1. The van der Waals surface area contributed by atoms with E-state index >= 15 is 0 Å². The Morgan fingerprint density at radius 1 is 0.727 bits per heavy atom. The SMILES string of the molecule is CCCCCC(C=Cc1ccccc1)C=Cc1ccccc1. The fourth-order valence-corrected chi connectivity index (χ4v) is 2.48. The molecule has 0 aliphatic carbocycles. The Bertz CT molecular complexity index is 514. The molecule has 2 aromatic carbocycles. The van der Waals surface area contributed by atoms with Gasteiger partial charge in [0.15, 0.2) is 0 Å². The van der Waals surface area contributed by atoms with E-state index in [2.05, 4.69) is 91.9 Å². The van der Waals surface area contributed by atoms with Crippen molar-refractivity contribution in [1.29, 1.82) is 0 Å². The van der Waals surface area contributed by atoms with Crippen molar-refractivity contribution < 1.29 is 0 Å². The second kappa shape index (κ2) is 9.78. The third-order valence-corrected chi connectivity index (χ3v) is 3.81. The average Bonchev–Trinajstić information content (AvgIpc) is 2.59. The first-order valence-corrected chi connectivity index (χ1v) is 8.35. The Labute approximate surface area is 135 Å².